The molecule has 2 aromatic rings. The Hall–Kier alpha value is -2.10. The molecule has 2 rings (SSSR count). The van der Waals surface area contributed by atoms with Crippen LogP contribution in [0.2, 0.25) is 5.02 Å². The number of hydrogen-bond donors (Lipinski definition) is 1. The van der Waals surface area contributed by atoms with Gasteiger partial charge in [-0.1, -0.05) is 46.6 Å². The topological polar surface area (TPSA) is 86.8 Å². The van der Waals surface area contributed by atoms with Gasteiger partial charge in [0.25, 0.3) is 0 Å². The predicted molar refractivity (Wildman–Crippen MR) is 140 cm³/mol. The third kappa shape index (κ3) is 8.29. The Bertz CT molecular complexity index is 1100. The maximum atomic E-state index is 13.6. The maximum Gasteiger partial charge on any atom is 0.244 e. The fourth-order valence-corrected chi connectivity index (χ4v) is 4.62. The Kier molecular flexibility index (Phi) is 9.56. The van der Waals surface area contributed by atoms with Crippen molar-refractivity contribution in [3.05, 3.63) is 63.6 Å². The van der Waals surface area contributed by atoms with Gasteiger partial charge in [0, 0.05) is 21.6 Å². The van der Waals surface area contributed by atoms with E-state index in [1.165, 1.54) is 4.90 Å². The van der Waals surface area contributed by atoms with Crippen molar-refractivity contribution in [2.75, 3.05) is 17.1 Å². The van der Waals surface area contributed by atoms with Crippen LogP contribution in [0.3, 0.4) is 0 Å². The number of amides is 2. The smallest absolute Gasteiger partial charge is 0.244 e. The van der Waals surface area contributed by atoms with Crippen LogP contribution in [0, 0.1) is 0 Å². The number of nitrogens with one attached hydrogen (secondary N) is 1. The lowest BCUT2D eigenvalue weighted by atomic mass is 10.1. The van der Waals surface area contributed by atoms with Crippen LogP contribution in [-0.2, 0) is 26.2 Å². The van der Waals surface area contributed by atoms with Gasteiger partial charge in [-0.25, -0.2) is 8.42 Å². The standard InChI is InChI=1S/C24H31BrClN3O4S/c1-6-21(23(31)27-24(2,3)4)28(15-17-7-11-19(26)12-8-17)22(30)16-29(34(5,32)33)20-13-9-18(25)10-14-20/h7-14,21H,6,15-16H2,1-5H3,(H,27,31)/t21-/m0/s1. The molecule has 0 aliphatic heterocycles. The van der Waals surface area contributed by atoms with Gasteiger partial charge >= 0.3 is 0 Å². The lowest BCUT2D eigenvalue weighted by Gasteiger charge is -2.34. The molecule has 0 spiro atoms. The molecule has 0 fully saturated rings. The summed E-state index contributed by atoms with van der Waals surface area (Å²) in [5.74, 6) is -0.786. The van der Waals surface area contributed by atoms with Crippen molar-refractivity contribution in [3.8, 4) is 0 Å². The number of benzene rings is 2. The van der Waals surface area contributed by atoms with E-state index in [2.05, 4.69) is 21.2 Å². The Morgan fingerprint density at radius 2 is 1.62 bits per heavy atom. The summed E-state index contributed by atoms with van der Waals surface area (Å²) >= 11 is 9.33. The average molecular weight is 573 g/mol. The number of carbonyl (C=O) groups excluding carboxylic acids is 2. The zero-order chi connectivity index (χ0) is 25.7. The molecular weight excluding hydrogens is 542 g/mol. The van der Waals surface area contributed by atoms with E-state index in [9.17, 15) is 18.0 Å². The lowest BCUT2D eigenvalue weighted by molar-refractivity contribution is -0.141. The number of anilines is 1. The van der Waals surface area contributed by atoms with Gasteiger partial charge < -0.3 is 10.2 Å². The molecule has 0 saturated heterocycles. The Balaban J connectivity index is 2.43. The van der Waals surface area contributed by atoms with Crippen LogP contribution in [0.4, 0.5) is 5.69 Å². The first-order valence-electron chi connectivity index (χ1n) is 10.8. The lowest BCUT2D eigenvalue weighted by Crippen LogP contribution is -2.55. The van der Waals surface area contributed by atoms with Crippen molar-refractivity contribution in [2.45, 2.75) is 52.2 Å². The monoisotopic (exact) mass is 571 g/mol. The van der Waals surface area contributed by atoms with Crippen LogP contribution in [-0.4, -0.2) is 49.5 Å². The van der Waals surface area contributed by atoms with Crippen molar-refractivity contribution in [1.29, 1.82) is 0 Å². The molecule has 34 heavy (non-hydrogen) atoms. The zero-order valence-corrected chi connectivity index (χ0v) is 23.2. The van der Waals surface area contributed by atoms with Gasteiger partial charge in [-0.05, 0) is 69.2 Å². The zero-order valence-electron chi connectivity index (χ0n) is 20.0. The van der Waals surface area contributed by atoms with Crippen LogP contribution < -0.4 is 9.62 Å². The molecule has 0 bridgehead atoms. The second kappa shape index (κ2) is 11.6. The molecule has 1 atom stereocenters. The average Bonchev–Trinajstić information content (AvgIpc) is 2.72. The van der Waals surface area contributed by atoms with Crippen LogP contribution >= 0.6 is 27.5 Å². The van der Waals surface area contributed by atoms with Gasteiger partial charge in [-0.3, -0.25) is 13.9 Å². The summed E-state index contributed by atoms with van der Waals surface area (Å²) in [5.41, 5.74) is 0.641. The van der Waals surface area contributed by atoms with Gasteiger partial charge in [-0.15, -0.1) is 0 Å². The molecule has 0 aliphatic rings. The van der Waals surface area contributed by atoms with E-state index in [-0.39, 0.29) is 12.5 Å². The predicted octanol–water partition coefficient (Wildman–Crippen LogP) is 4.59. The first-order chi connectivity index (χ1) is 15.7. The minimum absolute atomic E-state index is 0.129. The quantitative estimate of drug-likeness (QED) is 0.476. The second-order valence-electron chi connectivity index (χ2n) is 9.06. The van der Waals surface area contributed by atoms with E-state index in [4.69, 9.17) is 11.6 Å². The fourth-order valence-electron chi connectivity index (χ4n) is 3.38. The van der Waals surface area contributed by atoms with Crippen molar-refractivity contribution in [1.82, 2.24) is 10.2 Å². The van der Waals surface area contributed by atoms with Gasteiger partial charge in [0.1, 0.15) is 12.6 Å². The molecule has 0 aromatic heterocycles. The summed E-state index contributed by atoms with van der Waals surface area (Å²) in [6.07, 6.45) is 1.41. The summed E-state index contributed by atoms with van der Waals surface area (Å²) in [5, 5.41) is 3.48. The van der Waals surface area contributed by atoms with Crippen molar-refractivity contribution < 1.29 is 18.0 Å². The summed E-state index contributed by atoms with van der Waals surface area (Å²) in [6.45, 7) is 7.10. The van der Waals surface area contributed by atoms with Gasteiger partial charge in [0.2, 0.25) is 21.8 Å². The normalized spacial score (nSPS) is 12.7. The molecule has 186 valence electrons. The van der Waals surface area contributed by atoms with E-state index in [1.807, 2.05) is 27.7 Å². The molecule has 0 radical (unpaired) electrons. The Labute approximate surface area is 215 Å². The highest BCUT2D eigenvalue weighted by atomic mass is 79.9. The molecular formula is C24H31BrClN3O4S. The number of halogens is 2. The number of rotatable bonds is 9. The molecule has 0 aliphatic carbocycles. The summed E-state index contributed by atoms with van der Waals surface area (Å²) in [6, 6.07) is 12.8. The maximum absolute atomic E-state index is 13.6. The van der Waals surface area contributed by atoms with E-state index in [1.54, 1.807) is 48.5 Å². The molecule has 1 N–H and O–H groups in total. The van der Waals surface area contributed by atoms with Gasteiger partial charge in [0.05, 0.1) is 11.9 Å². The summed E-state index contributed by atoms with van der Waals surface area (Å²) in [4.78, 5) is 28.1. The first kappa shape index (κ1) is 28.1. The van der Waals surface area contributed by atoms with Crippen LogP contribution in [0.1, 0.15) is 39.7 Å². The van der Waals surface area contributed by atoms with Gasteiger partial charge in [-0.2, -0.15) is 0 Å². The number of nitrogens with zero attached hydrogens (tertiary/aromatic N) is 2. The summed E-state index contributed by atoms with van der Waals surface area (Å²) < 4.78 is 27.0. The molecule has 7 nitrogen and oxygen atoms in total. The molecule has 2 amide bonds. The van der Waals surface area contributed by atoms with Gasteiger partial charge in [0.15, 0.2) is 0 Å². The largest absolute Gasteiger partial charge is 0.350 e. The van der Waals surface area contributed by atoms with Crippen molar-refractivity contribution in [3.63, 3.8) is 0 Å². The van der Waals surface area contributed by atoms with Crippen LogP contribution in [0.25, 0.3) is 0 Å². The summed E-state index contributed by atoms with van der Waals surface area (Å²) in [7, 11) is -3.77. The minimum atomic E-state index is -3.77. The number of carbonyl (C=O) groups is 2. The molecule has 10 heteroatoms. The first-order valence-corrected chi connectivity index (χ1v) is 13.8. The van der Waals surface area contributed by atoms with E-state index in [0.717, 1.165) is 20.6 Å². The molecule has 2 aromatic carbocycles. The third-order valence-corrected chi connectivity index (χ3v) is 6.87. The third-order valence-electron chi connectivity index (χ3n) is 4.94. The SMILES string of the molecule is CC[C@@H](C(=O)NC(C)(C)C)N(Cc1ccc(Cl)cc1)C(=O)CN(c1ccc(Br)cc1)S(C)(=O)=O. The second-order valence-corrected chi connectivity index (χ2v) is 12.3. The highest BCUT2D eigenvalue weighted by Crippen LogP contribution is 2.22. The number of hydrogen-bond acceptors (Lipinski definition) is 4. The molecule has 0 unspecified atom stereocenters. The minimum Gasteiger partial charge on any atom is -0.350 e. The Morgan fingerprint density at radius 3 is 2.09 bits per heavy atom. The van der Waals surface area contributed by atoms with E-state index in [0.29, 0.717) is 17.1 Å². The van der Waals surface area contributed by atoms with Crippen LogP contribution in [0.5, 0.6) is 0 Å². The van der Waals surface area contributed by atoms with E-state index < -0.39 is 34.1 Å². The highest BCUT2D eigenvalue weighted by Gasteiger charge is 2.33. The van der Waals surface area contributed by atoms with Crippen molar-refractivity contribution >= 4 is 55.1 Å². The highest BCUT2D eigenvalue weighted by molar-refractivity contribution is 9.10. The molecule has 0 saturated carbocycles. The van der Waals surface area contributed by atoms with Crippen molar-refractivity contribution in [2.24, 2.45) is 0 Å². The Morgan fingerprint density at radius 1 is 1.06 bits per heavy atom. The van der Waals surface area contributed by atoms with Crippen LogP contribution in [0.15, 0.2) is 53.0 Å². The number of sulfonamides is 1. The fraction of sp³-hybridized carbons (Fsp3) is 0.417. The molecule has 0 heterocycles. The van der Waals surface area contributed by atoms with E-state index >= 15 is 0 Å².